The summed E-state index contributed by atoms with van der Waals surface area (Å²) in [4.78, 5) is 33.1. The van der Waals surface area contributed by atoms with Crippen molar-refractivity contribution in [1.29, 1.82) is 0 Å². The Morgan fingerprint density at radius 3 is 1.64 bits per heavy atom. The first kappa shape index (κ1) is 40.8. The summed E-state index contributed by atoms with van der Waals surface area (Å²) in [6, 6.07) is 39.8. The van der Waals surface area contributed by atoms with Gasteiger partial charge in [-0.1, -0.05) is 48.2 Å². The third kappa shape index (κ3) is 9.10. The van der Waals surface area contributed by atoms with Crippen molar-refractivity contribution in [2.45, 2.75) is 52.2 Å². The molecular formula is C42H31F6O2S4Sb. The van der Waals surface area contributed by atoms with Gasteiger partial charge in [-0.15, -0.1) is 22.7 Å². The van der Waals surface area contributed by atoms with Gasteiger partial charge >= 0.3 is 34.4 Å². The second kappa shape index (κ2) is 15.6. The first-order chi connectivity index (χ1) is 25.5. The van der Waals surface area contributed by atoms with Crippen molar-refractivity contribution in [2.24, 2.45) is 0 Å². The molecule has 13 heteroatoms. The van der Waals surface area contributed by atoms with Crippen molar-refractivity contribution in [3.05, 3.63) is 158 Å². The molecule has 1 atom stereocenters. The van der Waals surface area contributed by atoms with E-state index in [0.717, 1.165) is 50.1 Å². The summed E-state index contributed by atoms with van der Waals surface area (Å²) < 4.78 is 53.6. The second-order valence-electron chi connectivity index (χ2n) is 12.9. The van der Waals surface area contributed by atoms with Gasteiger partial charge in [0.05, 0.1) is 10.9 Å². The average Bonchev–Trinajstić information content (AvgIpc) is 3.11. The molecule has 0 amide bonds. The number of benzene rings is 6. The Labute approximate surface area is 332 Å². The molecular weight excluding hydrogens is 900 g/mol. The van der Waals surface area contributed by atoms with Crippen LogP contribution in [-0.4, -0.2) is 20.3 Å². The van der Waals surface area contributed by atoms with Gasteiger partial charge in [-0.2, -0.15) is 0 Å². The first-order valence-electron chi connectivity index (χ1n) is 16.6. The SMILES string of the molecule is Cc1ccc(C)c([S+](c2ccc3sc4ccccc4c(=O)c3c2)c2cc(C)c(Sc3ccc4sc5ccccc5c(=O)c4c3)cc2C)c1.[F-].[F][Sb]([F])([F])([F])[F]. The van der Waals surface area contributed by atoms with Crippen LogP contribution in [0.1, 0.15) is 22.3 Å². The number of halogens is 6. The third-order valence-electron chi connectivity index (χ3n) is 8.81. The molecule has 0 radical (unpaired) electrons. The van der Waals surface area contributed by atoms with Gasteiger partial charge in [0.2, 0.25) is 0 Å². The van der Waals surface area contributed by atoms with Crippen LogP contribution >= 0.6 is 34.4 Å². The molecule has 8 rings (SSSR count). The molecule has 0 aliphatic carbocycles. The van der Waals surface area contributed by atoms with E-state index in [4.69, 9.17) is 0 Å². The molecule has 1 unspecified atom stereocenters. The van der Waals surface area contributed by atoms with Crippen molar-refractivity contribution in [1.82, 2.24) is 0 Å². The Morgan fingerprint density at radius 2 is 1.04 bits per heavy atom. The summed E-state index contributed by atoms with van der Waals surface area (Å²) in [5, 5.41) is 3.11. The normalized spacial score (nSPS) is 12.9. The molecule has 0 aliphatic heterocycles. The number of hydrogen-bond donors (Lipinski definition) is 0. The molecule has 0 saturated heterocycles. The molecule has 6 aromatic carbocycles. The molecule has 0 spiro atoms. The Kier molecular flexibility index (Phi) is 11.6. The van der Waals surface area contributed by atoms with E-state index in [1.807, 2.05) is 48.5 Å². The molecule has 0 aliphatic rings. The van der Waals surface area contributed by atoms with Crippen LogP contribution in [0.3, 0.4) is 0 Å². The van der Waals surface area contributed by atoms with Crippen LogP contribution < -0.4 is 15.6 Å². The Morgan fingerprint density at radius 1 is 0.527 bits per heavy atom. The Balaban J connectivity index is 0.000000682. The summed E-state index contributed by atoms with van der Waals surface area (Å²) in [6.45, 7) is 8.71. The zero-order valence-corrected chi connectivity index (χ0v) is 35.5. The topological polar surface area (TPSA) is 34.1 Å². The molecule has 2 nitrogen and oxygen atoms in total. The van der Waals surface area contributed by atoms with Gasteiger partial charge in [0.1, 0.15) is 0 Å². The third-order valence-corrected chi connectivity index (χ3v) is 14.8. The van der Waals surface area contributed by atoms with Gasteiger partial charge in [-0.05, 0) is 112 Å². The fourth-order valence-corrected chi connectivity index (χ4v) is 12.0. The van der Waals surface area contributed by atoms with Crippen LogP contribution in [0.4, 0.5) is 14.1 Å². The van der Waals surface area contributed by atoms with Crippen molar-refractivity contribution < 1.29 is 18.8 Å². The van der Waals surface area contributed by atoms with E-state index in [9.17, 15) is 23.7 Å². The molecule has 55 heavy (non-hydrogen) atoms. The minimum absolute atomic E-state index is 0. The van der Waals surface area contributed by atoms with E-state index in [-0.39, 0.29) is 15.6 Å². The monoisotopic (exact) mass is 930 g/mol. The second-order valence-corrected chi connectivity index (χ2v) is 21.8. The van der Waals surface area contributed by atoms with Crippen molar-refractivity contribution in [2.75, 3.05) is 0 Å². The zero-order valence-electron chi connectivity index (χ0n) is 29.6. The fourth-order valence-electron chi connectivity index (χ4n) is 6.27. The van der Waals surface area contributed by atoms with Gasteiger partial charge in [0.15, 0.2) is 25.5 Å². The van der Waals surface area contributed by atoms with Gasteiger partial charge in [0, 0.05) is 67.3 Å². The molecule has 282 valence electrons. The first-order valence-corrected chi connectivity index (χ1v) is 25.1. The standard InChI is InChI=1S/C42H31O2S4.6FH.Sb/c1-24-13-14-25(2)39(19-24)48(29-16-18-37-33(23-29)42(44)31-10-6-8-12-35(31)47-37)40-21-26(3)38(20-27(40)4)45-28-15-17-36-32(22-28)41(43)30-9-5-7-11-34(30)46-36;;;;;;;/h5-23H,1-4H3;6*1H;/q+1;;;;;;;+5/p-6. The van der Waals surface area contributed by atoms with Gasteiger partial charge < -0.3 is 4.70 Å². The van der Waals surface area contributed by atoms with Gasteiger partial charge in [-0.3, -0.25) is 9.59 Å². The minimum atomic E-state index is -9.19. The summed E-state index contributed by atoms with van der Waals surface area (Å²) >= 11 is -4.14. The number of rotatable bonds is 5. The summed E-state index contributed by atoms with van der Waals surface area (Å²) in [6.07, 6.45) is 0. The predicted octanol–water partition coefficient (Wildman–Crippen LogP) is 10.3. The number of hydrogen-bond acceptors (Lipinski definition) is 5. The summed E-state index contributed by atoms with van der Waals surface area (Å²) in [5.74, 6) is 0. The van der Waals surface area contributed by atoms with Crippen LogP contribution in [0.5, 0.6) is 0 Å². The molecule has 2 heterocycles. The van der Waals surface area contributed by atoms with E-state index < -0.39 is 31.2 Å². The maximum atomic E-state index is 13.8. The average molecular weight is 932 g/mol. The van der Waals surface area contributed by atoms with E-state index in [2.05, 4.69) is 94.4 Å². The van der Waals surface area contributed by atoms with Gasteiger partial charge in [-0.25, -0.2) is 0 Å². The van der Waals surface area contributed by atoms with E-state index in [1.165, 1.54) is 36.9 Å². The molecule has 0 N–H and O–H groups in total. The van der Waals surface area contributed by atoms with Crippen LogP contribution in [0.2, 0.25) is 0 Å². The summed E-state index contributed by atoms with van der Waals surface area (Å²) in [5.41, 5.74) is 5.03. The number of fused-ring (bicyclic) bond motifs is 4. The molecule has 8 aromatic rings. The van der Waals surface area contributed by atoms with E-state index in [1.54, 1.807) is 34.4 Å². The van der Waals surface area contributed by atoms with Crippen LogP contribution in [0, 0.1) is 27.7 Å². The maximum absolute atomic E-state index is 13.8. The molecule has 0 bridgehead atoms. The van der Waals surface area contributed by atoms with Crippen LogP contribution in [0.15, 0.2) is 149 Å². The van der Waals surface area contributed by atoms with E-state index in [0.29, 0.717) is 0 Å². The van der Waals surface area contributed by atoms with Crippen LogP contribution in [-0.2, 0) is 10.9 Å². The quantitative estimate of drug-likeness (QED) is 0.0747. The molecule has 2 aromatic heterocycles. The summed E-state index contributed by atoms with van der Waals surface area (Å²) in [7, 11) is -0.430. The van der Waals surface area contributed by atoms with Crippen molar-refractivity contribution in [3.63, 3.8) is 0 Å². The van der Waals surface area contributed by atoms with Crippen molar-refractivity contribution >= 4 is 106 Å². The molecule has 0 fully saturated rings. The molecule has 0 saturated carbocycles. The van der Waals surface area contributed by atoms with Crippen LogP contribution in [0.25, 0.3) is 40.3 Å². The Bertz CT molecular complexity index is 2890. The predicted molar refractivity (Wildman–Crippen MR) is 221 cm³/mol. The number of aryl methyl sites for hydroxylation is 4. The van der Waals surface area contributed by atoms with Crippen molar-refractivity contribution in [3.8, 4) is 0 Å². The Hall–Kier alpha value is -3.80. The van der Waals surface area contributed by atoms with Gasteiger partial charge in [0.25, 0.3) is 0 Å². The van der Waals surface area contributed by atoms with E-state index >= 15 is 0 Å². The fraction of sp³-hybridized carbons (Fsp3) is 0.0952. The zero-order chi connectivity index (χ0) is 38.6.